The minimum atomic E-state index is -1.16. The second-order valence-electron chi connectivity index (χ2n) is 5.20. The zero-order chi connectivity index (χ0) is 19.1. The third-order valence-electron chi connectivity index (χ3n) is 3.42. The van der Waals surface area contributed by atoms with Gasteiger partial charge in [-0.3, -0.25) is 4.79 Å². The molecule has 7 heteroatoms. The standard InChI is InChI=1S/C19H19NO6/c1-3-26-17-10-12(4-8-16(17)25-2)5-9-18(22)20-14-7-6-13(19(23)24)11-15(14)21/h4-11,21H,3H2,1-2H3,(H,20,22)(H,23,24)/b9-5+. The highest BCUT2D eigenvalue weighted by Crippen LogP contribution is 2.28. The molecule has 0 atom stereocenters. The molecule has 0 aliphatic carbocycles. The van der Waals surface area contributed by atoms with Gasteiger partial charge in [0.15, 0.2) is 11.5 Å². The van der Waals surface area contributed by atoms with Crippen LogP contribution in [0.2, 0.25) is 0 Å². The zero-order valence-corrected chi connectivity index (χ0v) is 14.4. The highest BCUT2D eigenvalue weighted by atomic mass is 16.5. The number of phenols is 1. The quantitative estimate of drug-likeness (QED) is 0.519. The fraction of sp³-hybridized carbons (Fsp3) is 0.158. The second kappa shape index (κ2) is 8.57. The van der Waals surface area contributed by atoms with E-state index in [0.29, 0.717) is 18.1 Å². The maximum atomic E-state index is 12.0. The third-order valence-corrected chi connectivity index (χ3v) is 3.42. The Morgan fingerprint density at radius 2 is 1.92 bits per heavy atom. The summed E-state index contributed by atoms with van der Waals surface area (Å²) in [6.45, 7) is 2.34. The number of ether oxygens (including phenoxy) is 2. The van der Waals surface area contributed by atoms with E-state index < -0.39 is 11.9 Å². The van der Waals surface area contributed by atoms with Gasteiger partial charge in [-0.05, 0) is 48.9 Å². The second-order valence-corrected chi connectivity index (χ2v) is 5.20. The van der Waals surface area contributed by atoms with Gasteiger partial charge in [0, 0.05) is 6.08 Å². The van der Waals surface area contributed by atoms with Gasteiger partial charge in [-0.2, -0.15) is 0 Å². The molecule has 2 rings (SSSR count). The van der Waals surface area contributed by atoms with Gasteiger partial charge in [0.25, 0.3) is 0 Å². The van der Waals surface area contributed by atoms with Crippen LogP contribution in [-0.2, 0) is 4.79 Å². The van der Waals surface area contributed by atoms with E-state index in [4.69, 9.17) is 14.6 Å². The number of hydrogen-bond acceptors (Lipinski definition) is 5. The van der Waals surface area contributed by atoms with Gasteiger partial charge >= 0.3 is 5.97 Å². The number of carbonyl (C=O) groups is 2. The summed E-state index contributed by atoms with van der Waals surface area (Å²) in [5.74, 6) is -0.800. The van der Waals surface area contributed by atoms with Crippen molar-refractivity contribution in [3.8, 4) is 17.2 Å². The van der Waals surface area contributed by atoms with Crippen molar-refractivity contribution in [3.63, 3.8) is 0 Å². The van der Waals surface area contributed by atoms with E-state index in [-0.39, 0.29) is 17.0 Å². The van der Waals surface area contributed by atoms with E-state index in [1.54, 1.807) is 31.4 Å². The first kappa shape index (κ1) is 18.9. The van der Waals surface area contributed by atoms with E-state index in [1.807, 2.05) is 6.92 Å². The molecule has 7 nitrogen and oxygen atoms in total. The summed E-state index contributed by atoms with van der Waals surface area (Å²) in [6, 6.07) is 8.93. The molecule has 0 radical (unpaired) electrons. The van der Waals surface area contributed by atoms with Crippen LogP contribution in [0.5, 0.6) is 17.2 Å². The highest BCUT2D eigenvalue weighted by Gasteiger charge is 2.09. The number of anilines is 1. The van der Waals surface area contributed by atoms with E-state index >= 15 is 0 Å². The first-order chi connectivity index (χ1) is 12.4. The highest BCUT2D eigenvalue weighted by molar-refractivity contribution is 6.03. The van der Waals surface area contributed by atoms with Gasteiger partial charge in [0.2, 0.25) is 5.91 Å². The van der Waals surface area contributed by atoms with Crippen molar-refractivity contribution >= 4 is 23.6 Å². The summed E-state index contributed by atoms with van der Waals surface area (Å²) >= 11 is 0. The number of aromatic carboxylic acids is 1. The molecule has 0 heterocycles. The molecule has 1 amide bonds. The minimum Gasteiger partial charge on any atom is -0.506 e. The molecule has 0 saturated heterocycles. The predicted molar refractivity (Wildman–Crippen MR) is 96.9 cm³/mol. The smallest absolute Gasteiger partial charge is 0.335 e. The molecule has 2 aromatic carbocycles. The molecule has 0 spiro atoms. The van der Waals surface area contributed by atoms with Crippen LogP contribution in [0.3, 0.4) is 0 Å². The maximum absolute atomic E-state index is 12.0. The summed E-state index contributed by atoms with van der Waals surface area (Å²) in [7, 11) is 1.54. The first-order valence-electron chi connectivity index (χ1n) is 7.80. The number of carbonyl (C=O) groups excluding carboxylic acids is 1. The molecule has 0 fully saturated rings. The van der Waals surface area contributed by atoms with E-state index in [9.17, 15) is 14.7 Å². The Kier molecular flexibility index (Phi) is 6.21. The van der Waals surface area contributed by atoms with Gasteiger partial charge in [-0.15, -0.1) is 0 Å². The average molecular weight is 357 g/mol. The van der Waals surface area contributed by atoms with Crippen LogP contribution in [-0.4, -0.2) is 35.8 Å². The van der Waals surface area contributed by atoms with Crippen molar-refractivity contribution < 1.29 is 29.3 Å². The Balaban J connectivity index is 2.10. The number of phenolic OH excluding ortho intramolecular Hbond substituents is 1. The van der Waals surface area contributed by atoms with Crippen molar-refractivity contribution in [2.75, 3.05) is 19.0 Å². The molecule has 136 valence electrons. The normalized spacial score (nSPS) is 10.5. The number of nitrogens with one attached hydrogen (secondary N) is 1. The first-order valence-corrected chi connectivity index (χ1v) is 7.80. The van der Waals surface area contributed by atoms with Crippen LogP contribution in [0.1, 0.15) is 22.8 Å². The molecule has 0 unspecified atom stereocenters. The number of amides is 1. The molecule has 0 aromatic heterocycles. The molecule has 0 bridgehead atoms. The van der Waals surface area contributed by atoms with E-state index in [0.717, 1.165) is 11.6 Å². The lowest BCUT2D eigenvalue weighted by atomic mass is 10.1. The largest absolute Gasteiger partial charge is 0.506 e. The minimum absolute atomic E-state index is 0.0715. The number of hydrogen-bond donors (Lipinski definition) is 3. The summed E-state index contributed by atoms with van der Waals surface area (Å²) < 4.78 is 10.7. The SMILES string of the molecule is CCOc1cc(/C=C/C(=O)Nc2ccc(C(=O)O)cc2O)ccc1OC. The summed E-state index contributed by atoms with van der Waals surface area (Å²) in [6.07, 6.45) is 2.88. The van der Waals surface area contributed by atoms with Crippen LogP contribution in [0.4, 0.5) is 5.69 Å². The summed E-state index contributed by atoms with van der Waals surface area (Å²) in [4.78, 5) is 22.8. The van der Waals surface area contributed by atoms with Crippen molar-refractivity contribution in [2.45, 2.75) is 6.92 Å². The van der Waals surface area contributed by atoms with Gasteiger partial charge in [-0.1, -0.05) is 6.07 Å². The lowest BCUT2D eigenvalue weighted by molar-refractivity contribution is -0.111. The van der Waals surface area contributed by atoms with Crippen molar-refractivity contribution in [1.29, 1.82) is 0 Å². The Bertz CT molecular complexity index is 844. The van der Waals surface area contributed by atoms with Crippen molar-refractivity contribution in [1.82, 2.24) is 0 Å². The topological polar surface area (TPSA) is 105 Å². The number of carboxylic acid groups (broad SMARTS) is 1. The van der Waals surface area contributed by atoms with Gasteiger partial charge < -0.3 is 25.0 Å². The number of rotatable bonds is 7. The van der Waals surface area contributed by atoms with Crippen LogP contribution < -0.4 is 14.8 Å². The number of carboxylic acids is 1. The Morgan fingerprint density at radius 3 is 2.54 bits per heavy atom. The van der Waals surface area contributed by atoms with Gasteiger partial charge in [0.1, 0.15) is 5.75 Å². The van der Waals surface area contributed by atoms with Crippen LogP contribution in [0, 0.1) is 0 Å². The third kappa shape index (κ3) is 4.76. The predicted octanol–water partition coefficient (Wildman–Crippen LogP) is 3.15. The fourth-order valence-electron chi connectivity index (χ4n) is 2.18. The Morgan fingerprint density at radius 1 is 1.15 bits per heavy atom. The summed E-state index contributed by atoms with van der Waals surface area (Å²) in [5.41, 5.74) is 0.780. The van der Waals surface area contributed by atoms with Crippen LogP contribution in [0.15, 0.2) is 42.5 Å². The molecular weight excluding hydrogens is 338 g/mol. The Labute approximate surface area is 150 Å². The zero-order valence-electron chi connectivity index (χ0n) is 14.4. The van der Waals surface area contributed by atoms with Crippen LogP contribution in [0.25, 0.3) is 6.08 Å². The average Bonchev–Trinajstić information content (AvgIpc) is 2.62. The molecular formula is C19H19NO6. The van der Waals surface area contributed by atoms with Crippen LogP contribution >= 0.6 is 0 Å². The van der Waals surface area contributed by atoms with Crippen molar-refractivity contribution in [3.05, 3.63) is 53.6 Å². The van der Waals surface area contributed by atoms with Gasteiger partial charge in [-0.25, -0.2) is 4.79 Å². The lowest BCUT2D eigenvalue weighted by Gasteiger charge is -2.09. The van der Waals surface area contributed by atoms with Gasteiger partial charge in [0.05, 0.1) is 25.0 Å². The molecule has 2 aromatic rings. The Hall–Kier alpha value is -3.48. The summed E-state index contributed by atoms with van der Waals surface area (Å²) in [5, 5.41) is 21.1. The van der Waals surface area contributed by atoms with E-state index in [2.05, 4.69) is 5.32 Å². The lowest BCUT2D eigenvalue weighted by Crippen LogP contribution is -2.08. The molecule has 0 saturated carbocycles. The number of benzene rings is 2. The van der Waals surface area contributed by atoms with Crippen molar-refractivity contribution in [2.24, 2.45) is 0 Å². The molecule has 26 heavy (non-hydrogen) atoms. The number of methoxy groups -OCH3 is 1. The van der Waals surface area contributed by atoms with E-state index in [1.165, 1.54) is 18.2 Å². The monoisotopic (exact) mass is 357 g/mol. The fourth-order valence-corrected chi connectivity index (χ4v) is 2.18. The molecule has 3 N–H and O–H groups in total. The molecule has 0 aliphatic heterocycles. The number of aromatic hydroxyl groups is 1. The maximum Gasteiger partial charge on any atom is 0.335 e. The molecule has 0 aliphatic rings.